The van der Waals surface area contributed by atoms with Crippen molar-refractivity contribution in [2.45, 2.75) is 31.7 Å². The van der Waals surface area contributed by atoms with Gasteiger partial charge >= 0.3 is 0 Å². The van der Waals surface area contributed by atoms with Crippen LogP contribution in [0.5, 0.6) is 0 Å². The minimum Gasteiger partial charge on any atom is -0.372 e. The van der Waals surface area contributed by atoms with Crippen LogP contribution >= 0.6 is 11.3 Å². The van der Waals surface area contributed by atoms with Gasteiger partial charge in [0.2, 0.25) is 0 Å². The molecule has 0 aliphatic carbocycles. The number of ether oxygens (including phenoxy) is 1. The molecule has 5 heteroatoms. The largest absolute Gasteiger partial charge is 0.372 e. The van der Waals surface area contributed by atoms with E-state index in [-0.39, 0.29) is 0 Å². The Morgan fingerprint density at radius 3 is 3.04 bits per heavy atom. The van der Waals surface area contributed by atoms with Crippen LogP contribution in [0.2, 0.25) is 0 Å². The van der Waals surface area contributed by atoms with E-state index in [4.69, 9.17) is 4.74 Å². The van der Waals surface area contributed by atoms with Crippen molar-refractivity contribution in [1.82, 2.24) is 14.8 Å². The summed E-state index contributed by atoms with van der Waals surface area (Å²) >= 11 is 1.79. The zero-order valence-corrected chi connectivity index (χ0v) is 14.1. The van der Waals surface area contributed by atoms with E-state index in [1.54, 1.807) is 17.5 Å². The predicted octanol–water partition coefficient (Wildman–Crippen LogP) is 2.62. The van der Waals surface area contributed by atoms with Crippen molar-refractivity contribution < 1.29 is 4.74 Å². The van der Waals surface area contributed by atoms with Crippen LogP contribution in [0.1, 0.15) is 17.5 Å². The number of pyridine rings is 1. The summed E-state index contributed by atoms with van der Waals surface area (Å²) < 4.78 is 6.12. The Balaban J connectivity index is 1.27. The average molecular weight is 329 g/mol. The molecule has 2 aliphatic heterocycles. The van der Waals surface area contributed by atoms with Crippen LogP contribution in [0.25, 0.3) is 0 Å². The van der Waals surface area contributed by atoms with Gasteiger partial charge in [0.05, 0.1) is 12.7 Å². The zero-order chi connectivity index (χ0) is 15.5. The molecule has 2 aromatic heterocycles. The number of thiophene rings is 1. The normalized spacial score (nSPS) is 25.6. The molecule has 0 spiro atoms. The third-order valence-corrected chi connectivity index (χ3v) is 5.59. The standard InChI is InChI=1S/C18H23N3OS/c1-2-15(9-19-4-1)13-22-18-8-17-11-20(5-6-21(17)12-18)10-16-3-7-23-14-16/h1-4,7,9,14,17-18H,5-6,8,10-13H2/t17-,18-/m0/s1. The van der Waals surface area contributed by atoms with Gasteiger partial charge in [-0.15, -0.1) is 0 Å². The topological polar surface area (TPSA) is 28.6 Å². The van der Waals surface area contributed by atoms with Gasteiger partial charge in [-0.25, -0.2) is 0 Å². The van der Waals surface area contributed by atoms with Crippen LogP contribution in [0, 0.1) is 0 Å². The highest BCUT2D eigenvalue weighted by Gasteiger charge is 2.36. The van der Waals surface area contributed by atoms with Crippen LogP contribution in [0.4, 0.5) is 0 Å². The van der Waals surface area contributed by atoms with Crippen molar-refractivity contribution >= 4 is 11.3 Å². The first-order chi connectivity index (χ1) is 11.4. The second-order valence-corrected chi connectivity index (χ2v) is 7.33. The average Bonchev–Trinajstić information content (AvgIpc) is 3.23. The number of rotatable bonds is 5. The molecule has 4 nitrogen and oxygen atoms in total. The highest BCUT2D eigenvalue weighted by Crippen LogP contribution is 2.25. The van der Waals surface area contributed by atoms with Gasteiger partial charge in [0.1, 0.15) is 0 Å². The van der Waals surface area contributed by atoms with Crippen LogP contribution in [0.3, 0.4) is 0 Å². The Labute approximate surface area is 141 Å². The van der Waals surface area contributed by atoms with Crippen LogP contribution in [0.15, 0.2) is 41.4 Å². The van der Waals surface area contributed by atoms with Gasteiger partial charge < -0.3 is 4.74 Å². The minimum atomic E-state index is 0.362. The predicted molar refractivity (Wildman–Crippen MR) is 92.4 cm³/mol. The van der Waals surface area contributed by atoms with Crippen LogP contribution in [-0.2, 0) is 17.9 Å². The summed E-state index contributed by atoms with van der Waals surface area (Å²) in [5.74, 6) is 0. The van der Waals surface area contributed by atoms with E-state index < -0.39 is 0 Å². The molecule has 23 heavy (non-hydrogen) atoms. The van der Waals surface area contributed by atoms with E-state index in [0.717, 1.165) is 25.1 Å². The van der Waals surface area contributed by atoms with E-state index >= 15 is 0 Å². The molecule has 0 radical (unpaired) electrons. The molecule has 2 aromatic rings. The molecule has 2 aliphatic rings. The van der Waals surface area contributed by atoms with E-state index in [1.165, 1.54) is 25.2 Å². The Morgan fingerprint density at radius 2 is 2.22 bits per heavy atom. The number of nitrogens with zero attached hydrogens (tertiary/aromatic N) is 3. The molecule has 0 bridgehead atoms. The van der Waals surface area contributed by atoms with Crippen molar-refractivity contribution in [3.8, 4) is 0 Å². The molecule has 0 aromatic carbocycles. The third-order valence-electron chi connectivity index (χ3n) is 4.86. The van der Waals surface area contributed by atoms with Crippen molar-refractivity contribution in [1.29, 1.82) is 0 Å². The molecule has 2 atom stereocenters. The lowest BCUT2D eigenvalue weighted by Crippen LogP contribution is -2.49. The van der Waals surface area contributed by atoms with E-state index in [1.807, 2.05) is 12.3 Å². The summed E-state index contributed by atoms with van der Waals surface area (Å²) in [6.45, 7) is 6.36. The molecule has 0 N–H and O–H groups in total. The number of hydrogen-bond donors (Lipinski definition) is 0. The number of aromatic nitrogens is 1. The molecule has 0 saturated carbocycles. The fourth-order valence-corrected chi connectivity index (χ4v) is 4.32. The van der Waals surface area contributed by atoms with Gasteiger partial charge in [-0.1, -0.05) is 6.07 Å². The second-order valence-electron chi connectivity index (χ2n) is 6.55. The SMILES string of the molecule is c1cncc(CO[C@H]2C[C@H]3CN(Cc4ccsc4)CCN3C2)c1. The van der Waals surface area contributed by atoms with Crippen LogP contribution in [-0.4, -0.2) is 53.1 Å². The van der Waals surface area contributed by atoms with E-state index in [0.29, 0.717) is 18.8 Å². The fraction of sp³-hybridized carbons (Fsp3) is 0.500. The molecule has 0 unspecified atom stereocenters. The molecular weight excluding hydrogens is 306 g/mol. The summed E-state index contributed by atoms with van der Waals surface area (Å²) in [5, 5.41) is 4.43. The Kier molecular flexibility index (Phi) is 4.71. The number of fused-ring (bicyclic) bond motifs is 1. The Morgan fingerprint density at radius 1 is 1.22 bits per heavy atom. The maximum atomic E-state index is 6.12. The first kappa shape index (κ1) is 15.3. The summed E-state index contributed by atoms with van der Waals surface area (Å²) in [4.78, 5) is 9.35. The maximum Gasteiger partial charge on any atom is 0.0736 e. The van der Waals surface area contributed by atoms with Crippen molar-refractivity contribution in [3.63, 3.8) is 0 Å². The summed E-state index contributed by atoms with van der Waals surface area (Å²) in [6, 6.07) is 6.95. The molecule has 4 rings (SSSR count). The molecule has 2 fully saturated rings. The quantitative estimate of drug-likeness (QED) is 0.843. The first-order valence-corrected chi connectivity index (χ1v) is 9.29. The smallest absolute Gasteiger partial charge is 0.0736 e. The van der Waals surface area contributed by atoms with Gasteiger partial charge in [-0.05, 0) is 40.4 Å². The Bertz CT molecular complexity index is 604. The maximum absolute atomic E-state index is 6.12. The highest BCUT2D eigenvalue weighted by atomic mass is 32.1. The highest BCUT2D eigenvalue weighted by molar-refractivity contribution is 7.07. The fourth-order valence-electron chi connectivity index (χ4n) is 3.66. The molecule has 4 heterocycles. The lowest BCUT2D eigenvalue weighted by Gasteiger charge is -2.37. The molecule has 0 amide bonds. The van der Waals surface area contributed by atoms with Gasteiger partial charge in [0, 0.05) is 51.2 Å². The minimum absolute atomic E-state index is 0.362. The summed E-state index contributed by atoms with van der Waals surface area (Å²) in [7, 11) is 0. The molecular formula is C18H23N3OS. The first-order valence-electron chi connectivity index (χ1n) is 8.35. The van der Waals surface area contributed by atoms with Gasteiger partial charge in [-0.3, -0.25) is 14.8 Å². The zero-order valence-electron chi connectivity index (χ0n) is 13.3. The summed E-state index contributed by atoms with van der Waals surface area (Å²) in [6.07, 6.45) is 5.22. The number of piperazine rings is 1. The monoisotopic (exact) mass is 329 g/mol. The van der Waals surface area contributed by atoms with Crippen LogP contribution < -0.4 is 0 Å². The third kappa shape index (κ3) is 3.80. The summed E-state index contributed by atoms with van der Waals surface area (Å²) in [5.41, 5.74) is 2.61. The number of hydrogen-bond acceptors (Lipinski definition) is 5. The lowest BCUT2D eigenvalue weighted by molar-refractivity contribution is 0.0457. The van der Waals surface area contributed by atoms with Gasteiger partial charge in [0.25, 0.3) is 0 Å². The second kappa shape index (κ2) is 7.09. The van der Waals surface area contributed by atoms with Crippen molar-refractivity contribution in [3.05, 3.63) is 52.5 Å². The molecule has 2 saturated heterocycles. The van der Waals surface area contributed by atoms with Gasteiger partial charge in [0.15, 0.2) is 0 Å². The molecule has 122 valence electrons. The Hall–Kier alpha value is -1.27. The van der Waals surface area contributed by atoms with E-state index in [2.05, 4.69) is 37.7 Å². The van der Waals surface area contributed by atoms with Crippen molar-refractivity contribution in [2.75, 3.05) is 26.2 Å². The van der Waals surface area contributed by atoms with Gasteiger partial charge in [-0.2, -0.15) is 11.3 Å². The van der Waals surface area contributed by atoms with Crippen molar-refractivity contribution in [2.24, 2.45) is 0 Å². The van der Waals surface area contributed by atoms with E-state index in [9.17, 15) is 0 Å². The lowest BCUT2D eigenvalue weighted by atomic mass is 10.1.